The Balaban J connectivity index is 1.49. The molecule has 1 saturated carbocycles. The number of carbonyl (C=O) groups is 2. The number of amides is 2. The molecule has 1 aliphatic rings. The fourth-order valence-corrected chi connectivity index (χ4v) is 4.35. The average Bonchev–Trinajstić information content (AvgIpc) is 3.38. The first-order valence-electron chi connectivity index (χ1n) is 11.7. The quantitative estimate of drug-likeness (QED) is 0.537. The summed E-state index contributed by atoms with van der Waals surface area (Å²) >= 11 is 0. The standard InChI is InChI=1S/C28H31N3O2/c1-21-11-13-22(14-12-21)20-31(28(33)25-8-2-3-9-25)26-10-4-6-23(16-26)17-27(32)30-19-24-7-5-15-29-18-24/h4-7,10-16,18,25H,2-3,8-9,17,19-20H2,1H3,(H,30,32). The van der Waals surface area contributed by atoms with Crippen LogP contribution in [0.15, 0.2) is 73.1 Å². The Bertz CT molecular complexity index is 1070. The molecule has 5 heteroatoms. The predicted molar refractivity (Wildman–Crippen MR) is 131 cm³/mol. The van der Waals surface area contributed by atoms with E-state index < -0.39 is 0 Å². The van der Waals surface area contributed by atoms with E-state index in [0.29, 0.717) is 13.1 Å². The summed E-state index contributed by atoms with van der Waals surface area (Å²) in [7, 11) is 0. The molecule has 0 aliphatic heterocycles. The molecular formula is C28H31N3O2. The van der Waals surface area contributed by atoms with Crippen LogP contribution in [0, 0.1) is 12.8 Å². The van der Waals surface area contributed by atoms with Crippen molar-refractivity contribution in [3.63, 3.8) is 0 Å². The summed E-state index contributed by atoms with van der Waals surface area (Å²) in [4.78, 5) is 31.9. The number of aromatic nitrogens is 1. The minimum absolute atomic E-state index is 0.0526. The first kappa shape index (κ1) is 22.7. The lowest BCUT2D eigenvalue weighted by Gasteiger charge is -2.26. The van der Waals surface area contributed by atoms with Gasteiger partial charge in [0.15, 0.2) is 0 Å². The lowest BCUT2D eigenvalue weighted by Crippen LogP contribution is -2.35. The molecule has 1 fully saturated rings. The van der Waals surface area contributed by atoms with Crippen LogP contribution in [0.2, 0.25) is 0 Å². The van der Waals surface area contributed by atoms with Gasteiger partial charge in [-0.3, -0.25) is 14.6 Å². The Morgan fingerprint density at radius 3 is 2.45 bits per heavy atom. The number of pyridine rings is 1. The number of benzene rings is 2. The molecule has 0 radical (unpaired) electrons. The number of anilines is 1. The molecule has 4 rings (SSSR count). The molecule has 0 atom stereocenters. The zero-order valence-corrected chi connectivity index (χ0v) is 19.2. The zero-order valence-electron chi connectivity index (χ0n) is 19.2. The zero-order chi connectivity index (χ0) is 23.0. The molecule has 0 saturated heterocycles. The van der Waals surface area contributed by atoms with E-state index in [1.807, 2.05) is 41.3 Å². The van der Waals surface area contributed by atoms with E-state index in [9.17, 15) is 9.59 Å². The van der Waals surface area contributed by atoms with Crippen molar-refractivity contribution in [1.82, 2.24) is 10.3 Å². The van der Waals surface area contributed by atoms with E-state index in [1.165, 1.54) is 5.56 Å². The molecular weight excluding hydrogens is 410 g/mol. The van der Waals surface area contributed by atoms with Crippen molar-refractivity contribution in [2.45, 2.75) is 52.1 Å². The summed E-state index contributed by atoms with van der Waals surface area (Å²) < 4.78 is 0. The summed E-state index contributed by atoms with van der Waals surface area (Å²) in [5.41, 5.74) is 5.01. The van der Waals surface area contributed by atoms with Crippen LogP contribution in [0.25, 0.3) is 0 Å². The fraction of sp³-hybridized carbons (Fsp3) is 0.321. The lowest BCUT2D eigenvalue weighted by atomic mass is 10.0. The molecule has 1 N–H and O–H groups in total. The van der Waals surface area contributed by atoms with Gasteiger partial charge in [-0.2, -0.15) is 0 Å². The molecule has 170 valence electrons. The molecule has 1 aliphatic carbocycles. The van der Waals surface area contributed by atoms with Crippen molar-refractivity contribution in [3.05, 3.63) is 95.3 Å². The van der Waals surface area contributed by atoms with Crippen LogP contribution in [0.3, 0.4) is 0 Å². The maximum atomic E-state index is 13.5. The summed E-state index contributed by atoms with van der Waals surface area (Å²) in [6, 6.07) is 19.9. The maximum Gasteiger partial charge on any atom is 0.230 e. The minimum Gasteiger partial charge on any atom is -0.352 e. The topological polar surface area (TPSA) is 62.3 Å². The summed E-state index contributed by atoms with van der Waals surface area (Å²) in [5.74, 6) is 0.219. The Hall–Kier alpha value is -3.47. The normalized spacial score (nSPS) is 13.6. The molecule has 33 heavy (non-hydrogen) atoms. The van der Waals surface area contributed by atoms with Gasteiger partial charge in [0.25, 0.3) is 0 Å². The van der Waals surface area contributed by atoms with Gasteiger partial charge in [-0.15, -0.1) is 0 Å². The predicted octanol–water partition coefficient (Wildman–Crippen LogP) is 4.97. The number of hydrogen-bond acceptors (Lipinski definition) is 3. The van der Waals surface area contributed by atoms with Crippen LogP contribution in [0.5, 0.6) is 0 Å². The van der Waals surface area contributed by atoms with Crippen LogP contribution in [0.4, 0.5) is 5.69 Å². The fourth-order valence-electron chi connectivity index (χ4n) is 4.35. The maximum absolute atomic E-state index is 13.5. The van der Waals surface area contributed by atoms with Crippen molar-refractivity contribution >= 4 is 17.5 Å². The highest BCUT2D eigenvalue weighted by Gasteiger charge is 2.28. The highest BCUT2D eigenvalue weighted by molar-refractivity contribution is 5.95. The second-order valence-corrected chi connectivity index (χ2v) is 8.88. The van der Waals surface area contributed by atoms with Gasteiger partial charge in [0.2, 0.25) is 11.8 Å². The van der Waals surface area contributed by atoms with Crippen molar-refractivity contribution < 1.29 is 9.59 Å². The van der Waals surface area contributed by atoms with Gasteiger partial charge < -0.3 is 10.2 Å². The van der Waals surface area contributed by atoms with E-state index in [2.05, 4.69) is 41.5 Å². The van der Waals surface area contributed by atoms with Crippen LogP contribution in [-0.4, -0.2) is 16.8 Å². The van der Waals surface area contributed by atoms with Crippen LogP contribution in [-0.2, 0) is 29.1 Å². The largest absolute Gasteiger partial charge is 0.352 e. The molecule has 0 spiro atoms. The third kappa shape index (κ3) is 6.28. The number of nitrogens with one attached hydrogen (secondary N) is 1. The van der Waals surface area contributed by atoms with Gasteiger partial charge in [0.05, 0.1) is 13.0 Å². The Labute approximate surface area is 195 Å². The third-order valence-corrected chi connectivity index (χ3v) is 6.23. The van der Waals surface area contributed by atoms with Gasteiger partial charge in [-0.1, -0.05) is 60.9 Å². The van der Waals surface area contributed by atoms with E-state index in [0.717, 1.165) is 48.1 Å². The number of nitrogens with zero attached hydrogens (tertiary/aromatic N) is 2. The molecule has 1 heterocycles. The first-order chi connectivity index (χ1) is 16.1. The smallest absolute Gasteiger partial charge is 0.230 e. The Morgan fingerprint density at radius 2 is 1.73 bits per heavy atom. The molecule has 1 aromatic heterocycles. The van der Waals surface area contributed by atoms with E-state index in [4.69, 9.17) is 0 Å². The summed E-state index contributed by atoms with van der Waals surface area (Å²) in [6.45, 7) is 3.05. The van der Waals surface area contributed by atoms with E-state index in [1.54, 1.807) is 12.4 Å². The van der Waals surface area contributed by atoms with Crippen LogP contribution >= 0.6 is 0 Å². The van der Waals surface area contributed by atoms with Crippen LogP contribution in [0.1, 0.15) is 47.9 Å². The molecule has 3 aromatic rings. The van der Waals surface area contributed by atoms with Crippen molar-refractivity contribution in [2.24, 2.45) is 5.92 Å². The number of aryl methyl sites for hydroxylation is 1. The SMILES string of the molecule is Cc1ccc(CN(C(=O)C2CCCC2)c2cccc(CC(=O)NCc3cccnc3)c2)cc1. The number of carbonyl (C=O) groups excluding carboxylic acids is 2. The first-order valence-corrected chi connectivity index (χ1v) is 11.7. The minimum atomic E-state index is -0.0526. The Kier molecular flexibility index (Phi) is 7.51. The molecule has 2 amide bonds. The Morgan fingerprint density at radius 1 is 0.970 bits per heavy atom. The monoisotopic (exact) mass is 441 g/mol. The van der Waals surface area contributed by atoms with Gasteiger partial charge >= 0.3 is 0 Å². The second-order valence-electron chi connectivity index (χ2n) is 8.88. The van der Waals surface area contributed by atoms with Gasteiger partial charge in [0.1, 0.15) is 0 Å². The van der Waals surface area contributed by atoms with Gasteiger partial charge in [-0.25, -0.2) is 0 Å². The van der Waals surface area contributed by atoms with Crippen molar-refractivity contribution in [3.8, 4) is 0 Å². The second kappa shape index (κ2) is 10.9. The van der Waals surface area contributed by atoms with Crippen molar-refractivity contribution in [1.29, 1.82) is 0 Å². The highest BCUT2D eigenvalue weighted by atomic mass is 16.2. The van der Waals surface area contributed by atoms with Gasteiger partial charge in [0, 0.05) is 30.5 Å². The van der Waals surface area contributed by atoms with Crippen LogP contribution < -0.4 is 10.2 Å². The summed E-state index contributed by atoms with van der Waals surface area (Å²) in [5, 5.41) is 2.95. The third-order valence-electron chi connectivity index (χ3n) is 6.23. The highest BCUT2D eigenvalue weighted by Crippen LogP contribution is 2.30. The number of hydrogen-bond donors (Lipinski definition) is 1. The molecule has 0 unspecified atom stereocenters. The lowest BCUT2D eigenvalue weighted by molar-refractivity contribution is -0.122. The molecule has 0 bridgehead atoms. The number of rotatable bonds is 8. The summed E-state index contributed by atoms with van der Waals surface area (Å²) in [6.07, 6.45) is 7.88. The molecule has 5 nitrogen and oxygen atoms in total. The van der Waals surface area contributed by atoms with Crippen molar-refractivity contribution in [2.75, 3.05) is 4.90 Å². The van der Waals surface area contributed by atoms with Gasteiger partial charge in [-0.05, 0) is 54.7 Å². The van der Waals surface area contributed by atoms with E-state index in [-0.39, 0.29) is 24.2 Å². The molecule has 2 aromatic carbocycles. The average molecular weight is 442 g/mol. The van der Waals surface area contributed by atoms with E-state index >= 15 is 0 Å².